The van der Waals surface area contributed by atoms with E-state index >= 15 is 0 Å². The highest BCUT2D eigenvalue weighted by atomic mass is 35.5. The molecule has 36 heavy (non-hydrogen) atoms. The molecule has 10 nitrogen and oxygen atoms in total. The van der Waals surface area contributed by atoms with Gasteiger partial charge in [0.1, 0.15) is 10.6 Å². The van der Waals surface area contributed by atoms with Gasteiger partial charge in [0, 0.05) is 39.0 Å². The fourth-order valence-electron chi connectivity index (χ4n) is 3.20. The standard InChI is InChI=1S/C24H17ClN4O6S/c1-35-17-10-11-18-19(12-17)36-21(20(18)25)24(32)28-27-23(31)14-2-6-15(7-3-14)26-22(30)13-4-8-16(9-5-13)29(33)34/h2-12H,1H3,(H,26,30)(H,27,31)(H,28,32). The Balaban J connectivity index is 1.36. The zero-order valence-electron chi connectivity index (χ0n) is 18.5. The summed E-state index contributed by atoms with van der Waals surface area (Å²) in [6.07, 6.45) is 0. The van der Waals surface area contributed by atoms with Gasteiger partial charge in [-0.25, -0.2) is 0 Å². The van der Waals surface area contributed by atoms with E-state index in [1.54, 1.807) is 25.3 Å². The fraction of sp³-hybridized carbons (Fsp3) is 0.0417. The summed E-state index contributed by atoms with van der Waals surface area (Å²) >= 11 is 7.50. The van der Waals surface area contributed by atoms with E-state index in [1.807, 2.05) is 0 Å². The van der Waals surface area contributed by atoms with Gasteiger partial charge in [-0.2, -0.15) is 0 Å². The first-order valence-electron chi connectivity index (χ1n) is 10.3. The quantitative estimate of drug-likeness (QED) is 0.244. The van der Waals surface area contributed by atoms with Crippen molar-refractivity contribution in [2.45, 2.75) is 0 Å². The monoisotopic (exact) mass is 524 g/mol. The van der Waals surface area contributed by atoms with Crippen molar-refractivity contribution in [1.82, 2.24) is 10.9 Å². The second-order valence-corrected chi connectivity index (χ2v) is 8.78. The summed E-state index contributed by atoms with van der Waals surface area (Å²) in [6.45, 7) is 0. The highest BCUT2D eigenvalue weighted by molar-refractivity contribution is 7.21. The van der Waals surface area contributed by atoms with Crippen molar-refractivity contribution in [1.29, 1.82) is 0 Å². The molecule has 4 rings (SSSR count). The van der Waals surface area contributed by atoms with Crippen molar-refractivity contribution in [3.8, 4) is 5.75 Å². The molecule has 182 valence electrons. The number of hydrazine groups is 1. The number of nitro benzene ring substituents is 1. The van der Waals surface area contributed by atoms with Crippen LogP contribution in [0.3, 0.4) is 0 Å². The molecular formula is C24H17ClN4O6S. The fourth-order valence-corrected chi connectivity index (χ4v) is 4.64. The van der Waals surface area contributed by atoms with Gasteiger partial charge < -0.3 is 10.1 Å². The number of anilines is 1. The number of carbonyl (C=O) groups is 3. The number of nitro groups is 1. The van der Waals surface area contributed by atoms with Crippen LogP contribution in [-0.4, -0.2) is 29.8 Å². The minimum atomic E-state index is -0.574. The van der Waals surface area contributed by atoms with Gasteiger partial charge in [-0.15, -0.1) is 11.3 Å². The van der Waals surface area contributed by atoms with Crippen LogP contribution in [0.2, 0.25) is 5.02 Å². The van der Waals surface area contributed by atoms with Crippen LogP contribution in [0.25, 0.3) is 10.1 Å². The predicted molar refractivity (Wildman–Crippen MR) is 136 cm³/mol. The number of nitrogens with zero attached hydrogens (tertiary/aromatic N) is 1. The highest BCUT2D eigenvalue weighted by Crippen LogP contribution is 2.37. The summed E-state index contributed by atoms with van der Waals surface area (Å²) in [5.41, 5.74) is 5.44. The number of benzene rings is 3. The molecule has 0 bridgehead atoms. The van der Waals surface area contributed by atoms with Crippen molar-refractivity contribution in [2.24, 2.45) is 0 Å². The van der Waals surface area contributed by atoms with Crippen LogP contribution in [0.15, 0.2) is 66.7 Å². The average Bonchev–Trinajstić information content (AvgIpc) is 3.23. The minimum absolute atomic E-state index is 0.121. The number of ether oxygens (including phenoxy) is 1. The number of hydrogen-bond acceptors (Lipinski definition) is 7. The first kappa shape index (κ1) is 24.6. The number of methoxy groups -OCH3 is 1. The van der Waals surface area contributed by atoms with Gasteiger partial charge in [0.05, 0.1) is 17.1 Å². The summed E-state index contributed by atoms with van der Waals surface area (Å²) < 4.78 is 5.95. The third kappa shape index (κ3) is 5.27. The van der Waals surface area contributed by atoms with Crippen molar-refractivity contribution in [3.05, 3.63) is 97.9 Å². The van der Waals surface area contributed by atoms with Gasteiger partial charge >= 0.3 is 0 Å². The maximum atomic E-state index is 12.6. The van der Waals surface area contributed by atoms with Crippen LogP contribution in [0.5, 0.6) is 5.75 Å². The number of thiophene rings is 1. The number of carbonyl (C=O) groups excluding carboxylic acids is 3. The molecule has 0 radical (unpaired) electrons. The minimum Gasteiger partial charge on any atom is -0.497 e. The highest BCUT2D eigenvalue weighted by Gasteiger charge is 2.18. The van der Waals surface area contributed by atoms with Gasteiger partial charge in [-0.05, 0) is 54.6 Å². The van der Waals surface area contributed by atoms with E-state index < -0.39 is 22.6 Å². The van der Waals surface area contributed by atoms with Crippen molar-refractivity contribution in [2.75, 3.05) is 12.4 Å². The van der Waals surface area contributed by atoms with Gasteiger partial charge in [-0.3, -0.25) is 35.3 Å². The molecule has 0 aliphatic carbocycles. The number of non-ortho nitro benzene ring substituents is 1. The molecule has 1 heterocycles. The number of rotatable bonds is 6. The lowest BCUT2D eigenvalue weighted by atomic mass is 10.1. The molecule has 0 aliphatic heterocycles. The van der Waals surface area contributed by atoms with Crippen LogP contribution < -0.4 is 20.9 Å². The number of amides is 3. The maximum absolute atomic E-state index is 12.6. The second-order valence-electron chi connectivity index (χ2n) is 7.35. The molecule has 3 aromatic carbocycles. The lowest BCUT2D eigenvalue weighted by molar-refractivity contribution is -0.384. The Hall–Kier alpha value is -4.48. The van der Waals surface area contributed by atoms with E-state index in [0.717, 1.165) is 4.70 Å². The predicted octanol–water partition coefficient (Wildman–Crippen LogP) is 4.80. The Morgan fingerprint density at radius 3 is 2.14 bits per heavy atom. The largest absolute Gasteiger partial charge is 0.497 e. The third-order valence-electron chi connectivity index (χ3n) is 5.08. The molecular weight excluding hydrogens is 508 g/mol. The van der Waals surface area contributed by atoms with Crippen molar-refractivity contribution >= 4 is 62.1 Å². The van der Waals surface area contributed by atoms with Crippen LogP contribution in [-0.2, 0) is 0 Å². The van der Waals surface area contributed by atoms with E-state index in [4.69, 9.17) is 16.3 Å². The molecule has 0 spiro atoms. The van der Waals surface area contributed by atoms with Crippen LogP contribution >= 0.6 is 22.9 Å². The van der Waals surface area contributed by atoms with Crippen LogP contribution in [0.4, 0.5) is 11.4 Å². The molecule has 0 fully saturated rings. The molecule has 0 aliphatic rings. The van der Waals surface area contributed by atoms with Gasteiger partial charge in [-0.1, -0.05) is 11.6 Å². The normalized spacial score (nSPS) is 10.5. The van der Waals surface area contributed by atoms with E-state index in [1.165, 1.54) is 59.9 Å². The Bertz CT molecular complexity index is 1490. The smallest absolute Gasteiger partial charge is 0.281 e. The van der Waals surface area contributed by atoms with E-state index in [9.17, 15) is 24.5 Å². The van der Waals surface area contributed by atoms with Crippen molar-refractivity contribution in [3.63, 3.8) is 0 Å². The summed E-state index contributed by atoms with van der Waals surface area (Å²) in [6, 6.07) is 16.4. The third-order valence-corrected chi connectivity index (χ3v) is 6.73. The van der Waals surface area contributed by atoms with Crippen LogP contribution in [0, 0.1) is 10.1 Å². The summed E-state index contributed by atoms with van der Waals surface area (Å²) in [4.78, 5) is 47.8. The van der Waals surface area contributed by atoms with E-state index in [-0.39, 0.29) is 26.7 Å². The molecule has 0 atom stereocenters. The first-order chi connectivity index (χ1) is 17.3. The molecule has 1 aromatic heterocycles. The lowest BCUT2D eigenvalue weighted by Gasteiger charge is -2.08. The molecule has 3 amide bonds. The SMILES string of the molecule is COc1ccc2c(Cl)c(C(=O)NNC(=O)c3ccc(NC(=O)c4ccc([N+](=O)[O-])cc4)cc3)sc2c1. The topological polar surface area (TPSA) is 140 Å². The zero-order valence-corrected chi connectivity index (χ0v) is 20.1. The molecule has 3 N–H and O–H groups in total. The van der Waals surface area contributed by atoms with Crippen LogP contribution in [0.1, 0.15) is 30.4 Å². The van der Waals surface area contributed by atoms with Gasteiger partial charge in [0.2, 0.25) is 0 Å². The Kier molecular flexibility index (Phi) is 7.13. The van der Waals surface area contributed by atoms with Gasteiger partial charge in [0.25, 0.3) is 23.4 Å². The number of halogens is 1. The molecule has 0 saturated carbocycles. The van der Waals surface area contributed by atoms with Gasteiger partial charge in [0.15, 0.2) is 0 Å². The summed E-state index contributed by atoms with van der Waals surface area (Å²) in [5, 5.41) is 14.3. The zero-order chi connectivity index (χ0) is 25.8. The Morgan fingerprint density at radius 2 is 1.50 bits per heavy atom. The Morgan fingerprint density at radius 1 is 0.889 bits per heavy atom. The first-order valence-corrected chi connectivity index (χ1v) is 11.5. The maximum Gasteiger partial charge on any atom is 0.281 e. The van der Waals surface area contributed by atoms with E-state index in [0.29, 0.717) is 16.8 Å². The number of hydrogen-bond donors (Lipinski definition) is 3. The molecule has 0 unspecified atom stereocenters. The molecule has 12 heteroatoms. The Labute approximate surface area is 213 Å². The lowest BCUT2D eigenvalue weighted by Crippen LogP contribution is -2.41. The second kappa shape index (κ2) is 10.4. The summed E-state index contributed by atoms with van der Waals surface area (Å²) in [5.74, 6) is -0.976. The summed E-state index contributed by atoms with van der Waals surface area (Å²) in [7, 11) is 1.54. The van der Waals surface area contributed by atoms with E-state index in [2.05, 4.69) is 16.2 Å². The molecule has 4 aromatic rings. The van der Waals surface area contributed by atoms with Crippen molar-refractivity contribution < 1.29 is 24.0 Å². The molecule has 0 saturated heterocycles. The number of nitrogens with one attached hydrogen (secondary N) is 3. The number of fused-ring (bicyclic) bond motifs is 1. The average molecular weight is 525 g/mol.